The van der Waals surface area contributed by atoms with Crippen molar-refractivity contribution in [3.8, 4) is 0 Å². The maximum atomic E-state index is 10.5. The summed E-state index contributed by atoms with van der Waals surface area (Å²) in [5.74, 6) is 0.836. The van der Waals surface area contributed by atoms with E-state index in [-0.39, 0.29) is 0 Å². The molecule has 0 aromatic carbocycles. The Morgan fingerprint density at radius 1 is 1.53 bits per heavy atom. The van der Waals surface area contributed by atoms with Gasteiger partial charge in [-0.3, -0.25) is 4.79 Å². The van der Waals surface area contributed by atoms with E-state index in [1.807, 2.05) is 25.3 Å². The molecule has 0 atom stereocenters. The number of aromatic nitrogens is 1. The molecule has 15 heavy (non-hydrogen) atoms. The maximum Gasteiger partial charge on any atom is 0.261 e. The van der Waals surface area contributed by atoms with Gasteiger partial charge < -0.3 is 4.42 Å². The lowest BCUT2D eigenvalue weighted by Gasteiger charge is -1.89. The molecule has 0 saturated carbocycles. The third-order valence-electron chi connectivity index (χ3n) is 1.93. The summed E-state index contributed by atoms with van der Waals surface area (Å²) in [5, 5.41) is 2.55. The Labute approximate surface area is 95.5 Å². The van der Waals surface area contributed by atoms with Gasteiger partial charge >= 0.3 is 0 Å². The van der Waals surface area contributed by atoms with Gasteiger partial charge in [0.25, 0.3) is 5.22 Å². The molecule has 5 heteroatoms. The van der Waals surface area contributed by atoms with Gasteiger partial charge in [-0.15, -0.1) is 11.3 Å². The Hall–Kier alpha value is -1.07. The van der Waals surface area contributed by atoms with Crippen LogP contribution in [0.2, 0.25) is 0 Å². The molecule has 0 unspecified atom stereocenters. The van der Waals surface area contributed by atoms with Gasteiger partial charge in [0.1, 0.15) is 5.76 Å². The zero-order chi connectivity index (χ0) is 10.8. The molecule has 0 bridgehead atoms. The van der Waals surface area contributed by atoms with Crippen molar-refractivity contribution in [2.45, 2.75) is 24.0 Å². The molecular formula is C10H9NO2S2. The van der Waals surface area contributed by atoms with Gasteiger partial charge in [-0.2, -0.15) is 0 Å². The highest BCUT2D eigenvalue weighted by Crippen LogP contribution is 2.31. The average molecular weight is 239 g/mol. The van der Waals surface area contributed by atoms with Crippen LogP contribution in [0, 0.1) is 13.8 Å². The minimum Gasteiger partial charge on any atom is -0.436 e. The fraction of sp³-hybridized carbons (Fsp3) is 0.200. The molecular weight excluding hydrogens is 230 g/mol. The Kier molecular flexibility index (Phi) is 2.93. The molecule has 2 aromatic heterocycles. The predicted octanol–water partition coefficient (Wildman–Crippen LogP) is 3.32. The van der Waals surface area contributed by atoms with E-state index in [0.717, 1.165) is 27.5 Å². The molecule has 0 aliphatic rings. The average Bonchev–Trinajstić information content (AvgIpc) is 2.76. The largest absolute Gasteiger partial charge is 0.436 e. The van der Waals surface area contributed by atoms with Crippen LogP contribution in [-0.4, -0.2) is 11.3 Å². The number of nitrogens with zero attached hydrogens (tertiary/aromatic N) is 1. The molecule has 0 amide bonds. The minimum absolute atomic E-state index is 0.625. The lowest BCUT2D eigenvalue weighted by atomic mass is 10.4. The second-order valence-electron chi connectivity index (χ2n) is 3.03. The Balaban J connectivity index is 2.17. The number of hydrogen-bond acceptors (Lipinski definition) is 5. The van der Waals surface area contributed by atoms with E-state index in [0.29, 0.717) is 5.22 Å². The molecule has 78 valence electrons. The smallest absolute Gasteiger partial charge is 0.261 e. The van der Waals surface area contributed by atoms with E-state index in [1.165, 1.54) is 23.1 Å². The van der Waals surface area contributed by atoms with Gasteiger partial charge in [0.05, 0.1) is 10.6 Å². The molecule has 0 fully saturated rings. The van der Waals surface area contributed by atoms with Crippen molar-refractivity contribution >= 4 is 29.4 Å². The molecule has 0 saturated heterocycles. The molecule has 3 nitrogen and oxygen atoms in total. The van der Waals surface area contributed by atoms with Gasteiger partial charge in [0.15, 0.2) is 6.29 Å². The van der Waals surface area contributed by atoms with E-state index >= 15 is 0 Å². The van der Waals surface area contributed by atoms with E-state index < -0.39 is 0 Å². The maximum absolute atomic E-state index is 10.5. The van der Waals surface area contributed by atoms with Gasteiger partial charge in [0, 0.05) is 10.3 Å². The lowest BCUT2D eigenvalue weighted by Crippen LogP contribution is -1.72. The van der Waals surface area contributed by atoms with E-state index in [4.69, 9.17) is 4.42 Å². The number of aryl methyl sites for hydroxylation is 2. The van der Waals surface area contributed by atoms with Crippen LogP contribution in [0.1, 0.15) is 21.1 Å². The normalized spacial score (nSPS) is 10.5. The Morgan fingerprint density at radius 3 is 2.87 bits per heavy atom. The summed E-state index contributed by atoms with van der Waals surface area (Å²) in [6.07, 6.45) is 0.848. The van der Waals surface area contributed by atoms with Crippen molar-refractivity contribution in [1.82, 2.24) is 4.98 Å². The van der Waals surface area contributed by atoms with E-state index in [9.17, 15) is 4.79 Å². The van der Waals surface area contributed by atoms with Crippen molar-refractivity contribution in [3.05, 3.63) is 27.8 Å². The first-order valence-electron chi connectivity index (χ1n) is 4.34. The zero-order valence-electron chi connectivity index (χ0n) is 8.31. The summed E-state index contributed by atoms with van der Waals surface area (Å²) >= 11 is 2.85. The molecule has 0 radical (unpaired) electrons. The summed E-state index contributed by atoms with van der Waals surface area (Å²) < 4.78 is 5.43. The van der Waals surface area contributed by atoms with Crippen LogP contribution in [0.25, 0.3) is 0 Å². The summed E-state index contributed by atoms with van der Waals surface area (Å²) in [4.78, 5) is 16.5. The predicted molar refractivity (Wildman–Crippen MR) is 59.8 cm³/mol. The molecule has 0 N–H and O–H groups in total. The van der Waals surface area contributed by atoms with Crippen LogP contribution in [0.5, 0.6) is 0 Å². The second-order valence-corrected chi connectivity index (χ2v) is 4.99. The molecule has 2 aromatic rings. The number of rotatable bonds is 3. The van der Waals surface area contributed by atoms with Crippen LogP contribution < -0.4 is 0 Å². The van der Waals surface area contributed by atoms with Crippen LogP contribution >= 0.6 is 23.1 Å². The summed E-state index contributed by atoms with van der Waals surface area (Å²) in [7, 11) is 0. The molecule has 0 spiro atoms. The van der Waals surface area contributed by atoms with Crippen molar-refractivity contribution in [2.75, 3.05) is 0 Å². The van der Waals surface area contributed by atoms with Crippen molar-refractivity contribution < 1.29 is 9.21 Å². The first-order valence-corrected chi connectivity index (χ1v) is 6.04. The number of thiophene rings is 1. The van der Waals surface area contributed by atoms with Gasteiger partial charge in [0.2, 0.25) is 0 Å². The summed E-state index contributed by atoms with van der Waals surface area (Å²) in [6, 6.07) is 1.83. The first-order chi connectivity index (χ1) is 7.19. The van der Waals surface area contributed by atoms with Gasteiger partial charge in [-0.1, -0.05) is 0 Å². The quantitative estimate of drug-likeness (QED) is 0.771. The molecule has 0 aliphatic heterocycles. The lowest BCUT2D eigenvalue weighted by molar-refractivity contribution is 0.112. The molecule has 2 rings (SSSR count). The summed E-state index contributed by atoms with van der Waals surface area (Å²) in [6.45, 7) is 3.80. The first kappa shape index (κ1) is 10.4. The zero-order valence-corrected chi connectivity index (χ0v) is 9.95. The third kappa shape index (κ3) is 2.30. The van der Waals surface area contributed by atoms with Gasteiger partial charge in [-0.05, 0) is 31.7 Å². The highest BCUT2D eigenvalue weighted by Gasteiger charge is 2.08. The van der Waals surface area contributed by atoms with Crippen LogP contribution in [0.4, 0.5) is 0 Å². The van der Waals surface area contributed by atoms with Crippen molar-refractivity contribution in [1.29, 1.82) is 0 Å². The number of carbonyl (C=O) groups excluding carboxylic acids is 1. The topological polar surface area (TPSA) is 43.1 Å². The monoisotopic (exact) mass is 239 g/mol. The molecule has 0 aliphatic carbocycles. The van der Waals surface area contributed by atoms with E-state index in [1.54, 1.807) is 0 Å². The minimum atomic E-state index is 0.625. The number of carbonyl (C=O) groups is 1. The van der Waals surface area contributed by atoms with Crippen molar-refractivity contribution in [2.24, 2.45) is 0 Å². The second kappa shape index (κ2) is 4.20. The SMILES string of the molecule is Cc1nc(Sc2csc(C=O)c2)oc1C. The third-order valence-corrected chi connectivity index (χ3v) is 3.75. The number of aldehydes is 1. The Morgan fingerprint density at radius 2 is 2.33 bits per heavy atom. The Bertz CT molecular complexity index is 468. The van der Waals surface area contributed by atoms with Crippen LogP contribution in [-0.2, 0) is 0 Å². The fourth-order valence-electron chi connectivity index (χ4n) is 1.04. The highest BCUT2D eigenvalue weighted by atomic mass is 32.2. The highest BCUT2D eigenvalue weighted by molar-refractivity contribution is 7.99. The number of hydrogen-bond donors (Lipinski definition) is 0. The van der Waals surface area contributed by atoms with Crippen LogP contribution in [0.3, 0.4) is 0 Å². The number of oxazole rings is 1. The standard InChI is InChI=1S/C10H9NO2S2/c1-6-7(2)13-10(11-6)15-9-3-8(4-12)14-5-9/h3-5H,1-2H3. The van der Waals surface area contributed by atoms with Gasteiger partial charge in [-0.25, -0.2) is 4.98 Å². The van der Waals surface area contributed by atoms with E-state index in [2.05, 4.69) is 4.98 Å². The summed E-state index contributed by atoms with van der Waals surface area (Å²) in [5.41, 5.74) is 0.906. The van der Waals surface area contributed by atoms with Crippen LogP contribution in [0.15, 0.2) is 26.0 Å². The fourth-order valence-corrected chi connectivity index (χ4v) is 2.76. The molecule has 2 heterocycles. The van der Waals surface area contributed by atoms with Crippen molar-refractivity contribution in [3.63, 3.8) is 0 Å².